The summed E-state index contributed by atoms with van der Waals surface area (Å²) in [6.07, 6.45) is 10.2. The summed E-state index contributed by atoms with van der Waals surface area (Å²) >= 11 is 0. The molecule has 0 amide bonds. The van der Waals surface area contributed by atoms with E-state index in [0.717, 1.165) is 55.2 Å². The molecule has 2 heterocycles. The van der Waals surface area contributed by atoms with Crippen LogP contribution in [-0.2, 0) is 9.53 Å². The van der Waals surface area contributed by atoms with Crippen molar-refractivity contribution < 1.29 is 23.7 Å². The number of hydrogen-bond acceptors (Lipinski definition) is 6. The fourth-order valence-electron chi connectivity index (χ4n) is 5.87. The van der Waals surface area contributed by atoms with E-state index < -0.39 is 0 Å². The van der Waals surface area contributed by atoms with Crippen LogP contribution in [0.1, 0.15) is 60.8 Å². The van der Waals surface area contributed by atoms with Gasteiger partial charge in [0.2, 0.25) is 0 Å². The maximum Gasteiger partial charge on any atom is 0.306 e. The molecule has 3 aliphatic rings. The number of piperidine rings is 1. The van der Waals surface area contributed by atoms with Gasteiger partial charge in [0.25, 0.3) is 0 Å². The third kappa shape index (κ3) is 5.91. The van der Waals surface area contributed by atoms with Crippen molar-refractivity contribution in [2.24, 2.45) is 5.41 Å². The number of benzene rings is 2. The first kappa shape index (κ1) is 26.4. The topological polar surface area (TPSA) is 66.0 Å². The van der Waals surface area contributed by atoms with Crippen LogP contribution in [0.15, 0.2) is 48.6 Å². The Labute approximate surface area is 226 Å². The first-order valence-electron chi connectivity index (χ1n) is 13.7. The molecule has 2 aromatic rings. The van der Waals surface area contributed by atoms with Gasteiger partial charge in [0.1, 0.15) is 23.4 Å². The second-order valence-corrected chi connectivity index (χ2v) is 11.2. The molecular formula is C32H39NO5. The van der Waals surface area contributed by atoms with E-state index in [1.165, 1.54) is 29.4 Å². The fraction of sp³-hybridized carbons (Fsp3) is 0.469. The Morgan fingerprint density at radius 1 is 1.11 bits per heavy atom. The highest BCUT2D eigenvalue weighted by Gasteiger charge is 2.30. The van der Waals surface area contributed by atoms with Crippen molar-refractivity contribution in [2.45, 2.75) is 58.5 Å². The minimum atomic E-state index is -0.220. The highest BCUT2D eigenvalue weighted by molar-refractivity contribution is 5.74. The first-order valence-corrected chi connectivity index (χ1v) is 13.7. The number of carbonyl (C=O) groups excluding carboxylic acids is 1. The van der Waals surface area contributed by atoms with Gasteiger partial charge in [-0.05, 0) is 86.7 Å². The van der Waals surface area contributed by atoms with Crippen LogP contribution in [-0.4, -0.2) is 45.5 Å². The second-order valence-electron chi connectivity index (χ2n) is 11.2. The number of nitrogens with one attached hydrogen (secondary N) is 1. The molecule has 0 saturated carbocycles. The van der Waals surface area contributed by atoms with Gasteiger partial charge >= 0.3 is 5.97 Å². The highest BCUT2D eigenvalue weighted by Crippen LogP contribution is 2.41. The summed E-state index contributed by atoms with van der Waals surface area (Å²) in [7, 11) is 1.42. The normalized spacial score (nSPS) is 22.8. The molecule has 1 aliphatic carbocycles. The maximum absolute atomic E-state index is 11.7. The van der Waals surface area contributed by atoms with Crippen molar-refractivity contribution in [3.05, 3.63) is 70.8 Å². The molecule has 1 saturated heterocycles. The van der Waals surface area contributed by atoms with Crippen LogP contribution >= 0.6 is 0 Å². The van der Waals surface area contributed by atoms with Gasteiger partial charge < -0.3 is 24.3 Å². The maximum atomic E-state index is 11.7. The van der Waals surface area contributed by atoms with Crippen LogP contribution in [0.4, 0.5) is 0 Å². The molecule has 0 spiro atoms. The van der Waals surface area contributed by atoms with Crippen LogP contribution in [0.5, 0.6) is 17.2 Å². The Morgan fingerprint density at radius 2 is 1.87 bits per heavy atom. The first-order chi connectivity index (χ1) is 18.3. The Hall–Kier alpha value is -3.25. The molecule has 1 fully saturated rings. The van der Waals surface area contributed by atoms with Crippen LogP contribution in [0.25, 0.3) is 5.57 Å². The molecule has 6 heteroatoms. The molecule has 5 rings (SSSR count). The van der Waals surface area contributed by atoms with Gasteiger partial charge in [-0.3, -0.25) is 4.79 Å². The van der Waals surface area contributed by atoms with Crippen molar-refractivity contribution in [2.75, 3.05) is 33.4 Å². The summed E-state index contributed by atoms with van der Waals surface area (Å²) in [6.45, 7) is 9.70. The van der Waals surface area contributed by atoms with Crippen molar-refractivity contribution in [3.63, 3.8) is 0 Å². The molecule has 6 nitrogen and oxygen atoms in total. The highest BCUT2D eigenvalue weighted by atomic mass is 16.5. The molecule has 2 atom stereocenters. The molecule has 1 N–H and O–H groups in total. The van der Waals surface area contributed by atoms with E-state index in [2.05, 4.69) is 56.4 Å². The number of fused-ring (bicyclic) bond motifs is 1. The summed E-state index contributed by atoms with van der Waals surface area (Å²) in [5.74, 6) is 2.35. The lowest BCUT2D eigenvalue weighted by Crippen LogP contribution is -2.34. The standard InChI is InChI=1S/C32H39NO5/c1-21-14-27(38-25-9-12-33-13-10-25)15-22(2)31(21)23-6-5-11-32(3,18-23)20-37-26-7-8-28-24(16-30(34)35-4)19-36-29(28)17-26/h5-8,11,14-15,17,24-25,33H,9-10,12-13,16,18-20H2,1-4H3/t24-,32?/m1/s1. The zero-order chi connectivity index (χ0) is 26.7. The minimum absolute atomic E-state index is 0.0286. The lowest BCUT2D eigenvalue weighted by atomic mass is 9.77. The van der Waals surface area contributed by atoms with E-state index in [1.807, 2.05) is 18.2 Å². The van der Waals surface area contributed by atoms with Gasteiger partial charge in [0.15, 0.2) is 0 Å². The van der Waals surface area contributed by atoms with Crippen LogP contribution in [0.3, 0.4) is 0 Å². The Kier molecular flexibility index (Phi) is 7.80. The van der Waals surface area contributed by atoms with Gasteiger partial charge in [0.05, 0.1) is 26.7 Å². The summed E-state index contributed by atoms with van der Waals surface area (Å²) in [4.78, 5) is 11.7. The van der Waals surface area contributed by atoms with E-state index in [-0.39, 0.29) is 17.3 Å². The van der Waals surface area contributed by atoms with E-state index in [0.29, 0.717) is 25.7 Å². The SMILES string of the molecule is COC(=O)C[C@@H]1COc2cc(OCC3(C)C=CC=C(c4c(C)cc(OC5CCNCC5)cc4C)C3)ccc21. The number of allylic oxidation sites excluding steroid dienone is 3. The number of methoxy groups -OCH3 is 1. The fourth-order valence-corrected chi connectivity index (χ4v) is 5.87. The molecule has 0 radical (unpaired) electrons. The average molecular weight is 518 g/mol. The molecule has 0 bridgehead atoms. The van der Waals surface area contributed by atoms with Gasteiger partial charge in [-0.2, -0.15) is 0 Å². The molecule has 1 unspecified atom stereocenters. The monoisotopic (exact) mass is 517 g/mol. The molecular weight excluding hydrogens is 478 g/mol. The smallest absolute Gasteiger partial charge is 0.306 e. The van der Waals surface area contributed by atoms with Gasteiger partial charge in [0, 0.05) is 23.0 Å². The lowest BCUT2D eigenvalue weighted by Gasteiger charge is -2.31. The summed E-state index contributed by atoms with van der Waals surface area (Å²) in [5.41, 5.74) is 6.02. The van der Waals surface area contributed by atoms with Gasteiger partial charge in [-0.15, -0.1) is 0 Å². The molecule has 2 aromatic carbocycles. The largest absolute Gasteiger partial charge is 0.493 e. The van der Waals surface area contributed by atoms with E-state index >= 15 is 0 Å². The van der Waals surface area contributed by atoms with Crippen molar-refractivity contribution in [1.82, 2.24) is 5.32 Å². The minimum Gasteiger partial charge on any atom is -0.493 e. The zero-order valence-electron chi connectivity index (χ0n) is 23.0. The Morgan fingerprint density at radius 3 is 2.61 bits per heavy atom. The van der Waals surface area contributed by atoms with Crippen LogP contribution in [0, 0.1) is 19.3 Å². The average Bonchev–Trinajstić information content (AvgIpc) is 3.29. The predicted molar refractivity (Wildman–Crippen MR) is 149 cm³/mol. The number of hydrogen-bond donors (Lipinski definition) is 1. The molecule has 38 heavy (non-hydrogen) atoms. The van der Waals surface area contributed by atoms with E-state index in [4.69, 9.17) is 18.9 Å². The van der Waals surface area contributed by atoms with Gasteiger partial charge in [-0.25, -0.2) is 0 Å². The van der Waals surface area contributed by atoms with Crippen LogP contribution < -0.4 is 19.5 Å². The van der Waals surface area contributed by atoms with Crippen LogP contribution in [0.2, 0.25) is 0 Å². The number of aryl methyl sites for hydroxylation is 2. The number of carbonyl (C=O) groups is 1. The number of ether oxygens (including phenoxy) is 4. The lowest BCUT2D eigenvalue weighted by molar-refractivity contribution is -0.141. The number of esters is 1. The predicted octanol–water partition coefficient (Wildman–Crippen LogP) is 5.90. The zero-order valence-corrected chi connectivity index (χ0v) is 23.0. The molecule has 202 valence electrons. The Bertz CT molecular complexity index is 1220. The van der Waals surface area contributed by atoms with E-state index in [9.17, 15) is 4.79 Å². The van der Waals surface area contributed by atoms with E-state index in [1.54, 1.807) is 0 Å². The quantitative estimate of drug-likeness (QED) is 0.440. The Balaban J connectivity index is 1.23. The second kappa shape index (κ2) is 11.2. The van der Waals surface area contributed by atoms with Crippen molar-refractivity contribution >= 4 is 11.5 Å². The summed E-state index contributed by atoms with van der Waals surface area (Å²) in [5, 5.41) is 3.40. The molecule has 2 aliphatic heterocycles. The summed E-state index contributed by atoms with van der Waals surface area (Å²) in [6, 6.07) is 10.3. The molecule has 0 aromatic heterocycles. The van der Waals surface area contributed by atoms with Crippen molar-refractivity contribution in [3.8, 4) is 17.2 Å². The summed E-state index contributed by atoms with van der Waals surface area (Å²) < 4.78 is 23.3. The van der Waals surface area contributed by atoms with Crippen molar-refractivity contribution in [1.29, 1.82) is 0 Å². The number of rotatable bonds is 8. The third-order valence-corrected chi connectivity index (χ3v) is 7.88. The third-order valence-electron chi connectivity index (χ3n) is 7.88. The van der Waals surface area contributed by atoms with Gasteiger partial charge in [-0.1, -0.05) is 31.2 Å².